The minimum absolute atomic E-state index is 1.16. The summed E-state index contributed by atoms with van der Waals surface area (Å²) in [5, 5.41) is 5.04. The second-order valence-electron chi connectivity index (χ2n) is 11.4. The van der Waals surface area contributed by atoms with Crippen molar-refractivity contribution in [2.45, 2.75) is 0 Å². The summed E-state index contributed by atoms with van der Waals surface area (Å²) in [5.41, 5.74) is 12.1. The van der Waals surface area contributed by atoms with E-state index in [1.807, 2.05) is 0 Å². The predicted octanol–water partition coefficient (Wildman–Crippen LogP) is 11.2. The Balaban J connectivity index is 1.28. The third kappa shape index (κ3) is 3.82. The van der Waals surface area contributed by atoms with Crippen molar-refractivity contribution >= 4 is 43.6 Å². The first kappa shape index (κ1) is 24.7. The van der Waals surface area contributed by atoms with E-state index in [1.165, 1.54) is 71.6 Å². The number of aromatic nitrogens is 2. The van der Waals surface area contributed by atoms with Crippen molar-refractivity contribution in [3.8, 4) is 33.6 Å². The van der Waals surface area contributed by atoms with Crippen LogP contribution in [0.1, 0.15) is 0 Å². The highest BCUT2D eigenvalue weighted by molar-refractivity contribution is 6.13. The molecule has 0 N–H and O–H groups in total. The molecule has 9 aromatic rings. The minimum atomic E-state index is 1.16. The second-order valence-corrected chi connectivity index (χ2v) is 11.4. The normalized spacial score (nSPS) is 11.6. The molecule has 7 aromatic carbocycles. The van der Waals surface area contributed by atoms with Gasteiger partial charge in [-0.25, -0.2) is 0 Å². The Morgan fingerprint density at radius 1 is 0.250 bits per heavy atom. The van der Waals surface area contributed by atoms with Gasteiger partial charge >= 0.3 is 0 Å². The van der Waals surface area contributed by atoms with Gasteiger partial charge in [0.15, 0.2) is 0 Å². The first-order valence-electron chi connectivity index (χ1n) is 15.1. The first-order valence-corrected chi connectivity index (χ1v) is 15.1. The summed E-state index contributed by atoms with van der Waals surface area (Å²) in [6, 6.07) is 61.4. The number of para-hydroxylation sites is 3. The summed E-state index contributed by atoms with van der Waals surface area (Å²) < 4.78 is 4.80. The molecule has 0 atom stereocenters. The van der Waals surface area contributed by atoms with Gasteiger partial charge in [-0.2, -0.15) is 0 Å². The third-order valence-electron chi connectivity index (χ3n) is 8.93. The van der Waals surface area contributed by atoms with E-state index in [4.69, 9.17) is 0 Å². The van der Waals surface area contributed by atoms with Gasteiger partial charge in [-0.15, -0.1) is 0 Å². The highest BCUT2D eigenvalue weighted by Crippen LogP contribution is 2.38. The maximum Gasteiger partial charge on any atom is 0.0542 e. The molecule has 2 nitrogen and oxygen atoms in total. The Hall–Kier alpha value is -5.86. The van der Waals surface area contributed by atoms with E-state index in [9.17, 15) is 0 Å². The standard InChI is InChI=1S/C42H28N2/c1-3-11-29(12-4-1)30-19-21-31(22-20-30)32-23-25-41-37(27-32)38-28-34(24-26-42(38)43(41)33-13-5-2-6-14-33)44-39-17-9-7-15-35(39)36-16-8-10-18-40(36)44/h1-28H. The van der Waals surface area contributed by atoms with E-state index >= 15 is 0 Å². The summed E-state index contributed by atoms with van der Waals surface area (Å²) in [6.45, 7) is 0. The van der Waals surface area contributed by atoms with Crippen LogP contribution in [0.25, 0.3) is 77.2 Å². The zero-order chi connectivity index (χ0) is 29.0. The highest BCUT2D eigenvalue weighted by Gasteiger charge is 2.17. The van der Waals surface area contributed by atoms with Gasteiger partial charge in [0.05, 0.1) is 22.1 Å². The molecule has 2 heterocycles. The Labute approximate surface area is 255 Å². The highest BCUT2D eigenvalue weighted by atomic mass is 15.0. The van der Waals surface area contributed by atoms with E-state index in [-0.39, 0.29) is 0 Å². The molecule has 2 heteroatoms. The van der Waals surface area contributed by atoms with Gasteiger partial charge in [0.2, 0.25) is 0 Å². The van der Waals surface area contributed by atoms with Crippen molar-refractivity contribution in [3.63, 3.8) is 0 Å². The lowest BCUT2D eigenvalue weighted by molar-refractivity contribution is 1.17. The molecule has 0 aliphatic heterocycles. The second kappa shape index (κ2) is 9.86. The van der Waals surface area contributed by atoms with Gasteiger partial charge in [-0.05, 0) is 76.9 Å². The fourth-order valence-corrected chi connectivity index (χ4v) is 6.87. The molecule has 0 saturated carbocycles. The quantitative estimate of drug-likeness (QED) is 0.203. The zero-order valence-corrected chi connectivity index (χ0v) is 24.1. The van der Waals surface area contributed by atoms with Crippen LogP contribution in [0.3, 0.4) is 0 Å². The monoisotopic (exact) mass is 560 g/mol. The smallest absolute Gasteiger partial charge is 0.0542 e. The van der Waals surface area contributed by atoms with E-state index in [0.717, 1.165) is 5.69 Å². The molecule has 206 valence electrons. The van der Waals surface area contributed by atoms with Crippen molar-refractivity contribution in [2.24, 2.45) is 0 Å². The third-order valence-corrected chi connectivity index (χ3v) is 8.93. The van der Waals surface area contributed by atoms with Crippen molar-refractivity contribution in [1.82, 2.24) is 9.13 Å². The van der Waals surface area contributed by atoms with Gasteiger partial charge in [0.25, 0.3) is 0 Å². The van der Waals surface area contributed by atoms with Gasteiger partial charge in [0, 0.05) is 32.9 Å². The number of hydrogen-bond donors (Lipinski definition) is 0. The van der Waals surface area contributed by atoms with Crippen molar-refractivity contribution in [1.29, 1.82) is 0 Å². The molecule has 0 radical (unpaired) electrons. The largest absolute Gasteiger partial charge is 0.309 e. The van der Waals surface area contributed by atoms with Crippen molar-refractivity contribution in [3.05, 3.63) is 170 Å². The molecule has 2 aromatic heterocycles. The fourth-order valence-electron chi connectivity index (χ4n) is 6.87. The maximum absolute atomic E-state index is 2.40. The predicted molar refractivity (Wildman–Crippen MR) is 186 cm³/mol. The van der Waals surface area contributed by atoms with Crippen molar-refractivity contribution < 1.29 is 0 Å². The van der Waals surface area contributed by atoms with Crippen LogP contribution >= 0.6 is 0 Å². The van der Waals surface area contributed by atoms with Crippen LogP contribution in [0.15, 0.2) is 170 Å². The van der Waals surface area contributed by atoms with Crippen molar-refractivity contribution in [2.75, 3.05) is 0 Å². The van der Waals surface area contributed by atoms with Crippen LogP contribution in [0.2, 0.25) is 0 Å². The minimum Gasteiger partial charge on any atom is -0.309 e. The van der Waals surface area contributed by atoms with E-state index < -0.39 is 0 Å². The molecule has 9 rings (SSSR count). The fraction of sp³-hybridized carbons (Fsp3) is 0. The molecule has 0 bridgehead atoms. The maximum atomic E-state index is 2.40. The zero-order valence-electron chi connectivity index (χ0n) is 24.1. The lowest BCUT2D eigenvalue weighted by atomic mass is 9.99. The first-order chi connectivity index (χ1) is 21.8. The molecule has 0 amide bonds. The average molecular weight is 561 g/mol. The molecule has 0 spiro atoms. The summed E-state index contributed by atoms with van der Waals surface area (Å²) >= 11 is 0. The van der Waals surface area contributed by atoms with Gasteiger partial charge in [-0.1, -0.05) is 115 Å². The Kier molecular flexibility index (Phi) is 5.54. The van der Waals surface area contributed by atoms with Gasteiger partial charge in [0.1, 0.15) is 0 Å². The number of nitrogens with zero attached hydrogens (tertiary/aromatic N) is 2. The van der Waals surface area contributed by atoms with Crippen LogP contribution in [-0.2, 0) is 0 Å². The molecular formula is C42H28N2. The molecule has 44 heavy (non-hydrogen) atoms. The lowest BCUT2D eigenvalue weighted by Gasteiger charge is -2.10. The molecule has 0 aliphatic carbocycles. The molecule has 0 aliphatic rings. The Morgan fingerprint density at radius 2 is 0.682 bits per heavy atom. The summed E-state index contributed by atoms with van der Waals surface area (Å²) in [7, 11) is 0. The van der Waals surface area contributed by atoms with Gasteiger partial charge in [-0.3, -0.25) is 0 Å². The molecule has 0 saturated heterocycles. The Bertz CT molecular complexity index is 2410. The number of benzene rings is 7. The molecule has 0 fully saturated rings. The summed E-state index contributed by atoms with van der Waals surface area (Å²) in [6.07, 6.45) is 0. The van der Waals surface area contributed by atoms with Crippen LogP contribution < -0.4 is 0 Å². The molecule has 0 unspecified atom stereocenters. The van der Waals surface area contributed by atoms with E-state index in [2.05, 4.69) is 179 Å². The average Bonchev–Trinajstić information content (AvgIpc) is 3.61. The topological polar surface area (TPSA) is 9.86 Å². The van der Waals surface area contributed by atoms with Crippen LogP contribution in [0, 0.1) is 0 Å². The molecular weight excluding hydrogens is 532 g/mol. The Morgan fingerprint density at radius 3 is 1.34 bits per heavy atom. The van der Waals surface area contributed by atoms with Crippen LogP contribution in [-0.4, -0.2) is 9.13 Å². The van der Waals surface area contributed by atoms with Crippen LogP contribution in [0.5, 0.6) is 0 Å². The number of hydrogen-bond acceptors (Lipinski definition) is 0. The lowest BCUT2D eigenvalue weighted by Crippen LogP contribution is -1.95. The summed E-state index contributed by atoms with van der Waals surface area (Å²) in [5.74, 6) is 0. The summed E-state index contributed by atoms with van der Waals surface area (Å²) in [4.78, 5) is 0. The van der Waals surface area contributed by atoms with Crippen LogP contribution in [0.4, 0.5) is 0 Å². The van der Waals surface area contributed by atoms with E-state index in [0.29, 0.717) is 0 Å². The van der Waals surface area contributed by atoms with Gasteiger partial charge < -0.3 is 9.13 Å². The van der Waals surface area contributed by atoms with E-state index in [1.54, 1.807) is 0 Å². The SMILES string of the molecule is c1ccc(-c2ccc(-c3ccc4c(c3)c3cc(-n5c6ccccc6c6ccccc65)ccc3n4-c3ccccc3)cc2)cc1. The number of rotatable bonds is 4. The number of fused-ring (bicyclic) bond motifs is 6.